The van der Waals surface area contributed by atoms with E-state index in [-0.39, 0.29) is 6.29 Å². The first-order valence-corrected chi connectivity index (χ1v) is 3.84. The molecule has 0 aromatic heterocycles. The summed E-state index contributed by atoms with van der Waals surface area (Å²) in [7, 11) is 0. The Kier molecular flexibility index (Phi) is 5.43. The van der Waals surface area contributed by atoms with Gasteiger partial charge in [-0.15, -0.1) is 0 Å². The van der Waals surface area contributed by atoms with Crippen LogP contribution in [0, 0.1) is 0 Å². The Morgan fingerprint density at radius 1 is 1.33 bits per heavy atom. The average Bonchev–Trinajstić information content (AvgIpc) is 2.12. The topological polar surface area (TPSA) is 98.0 Å². The van der Waals surface area contributed by atoms with Crippen LogP contribution < -0.4 is 0 Å². The summed E-state index contributed by atoms with van der Waals surface area (Å²) in [6.07, 6.45) is -4.09. The van der Waals surface area contributed by atoms with Crippen LogP contribution in [-0.2, 0) is 4.79 Å². The minimum absolute atomic E-state index is 0.199. The molecule has 0 aromatic carbocycles. The third-order valence-corrected chi connectivity index (χ3v) is 2.03. The molecule has 0 aliphatic heterocycles. The maximum atomic E-state index is 10.0. The van der Waals surface area contributed by atoms with E-state index < -0.39 is 30.2 Å². The van der Waals surface area contributed by atoms with Crippen LogP contribution in [0.4, 0.5) is 0 Å². The lowest BCUT2D eigenvalue weighted by molar-refractivity contribution is -0.117. The van der Waals surface area contributed by atoms with Gasteiger partial charge in [-0.1, -0.05) is 0 Å². The Labute approximate surface area is 75.1 Å². The summed E-state index contributed by atoms with van der Waals surface area (Å²) in [4.78, 5) is 10.0. The second-order valence-corrected chi connectivity index (χ2v) is 2.95. The van der Waals surface area contributed by atoms with E-state index in [1.807, 2.05) is 0 Å². The number of rotatable bonds is 5. The van der Waals surface area contributed by atoms with E-state index in [0.29, 0.717) is 0 Å². The minimum Gasteiger partial charge on any atom is -0.394 e. The molecule has 6 heteroatoms. The Hall–Kier alpha value is -0.140. The van der Waals surface area contributed by atoms with Crippen LogP contribution in [-0.4, -0.2) is 56.9 Å². The molecule has 4 atom stereocenters. The molecule has 72 valence electrons. The van der Waals surface area contributed by atoms with Crippen LogP contribution in [0.25, 0.3) is 0 Å². The molecule has 4 N–H and O–H groups in total. The van der Waals surface area contributed by atoms with Gasteiger partial charge in [-0.3, -0.25) is 0 Å². The molecule has 0 spiro atoms. The SMILES string of the molecule is O=CC(O)C(S)C(O)C(O)CO. The molecule has 12 heavy (non-hydrogen) atoms. The van der Waals surface area contributed by atoms with Crippen molar-refractivity contribution < 1.29 is 25.2 Å². The van der Waals surface area contributed by atoms with Crippen LogP contribution in [0.3, 0.4) is 0 Å². The van der Waals surface area contributed by atoms with Crippen molar-refractivity contribution in [3.63, 3.8) is 0 Å². The maximum Gasteiger partial charge on any atom is 0.149 e. The standard InChI is InChI=1S/C6H12O5S/c7-1-3(9)5(11)6(12)4(10)2-8/h2-7,9-12H,1H2. The van der Waals surface area contributed by atoms with Gasteiger partial charge in [-0.2, -0.15) is 12.6 Å². The number of carbonyl (C=O) groups is 1. The zero-order valence-corrected chi connectivity index (χ0v) is 7.13. The predicted molar refractivity (Wildman–Crippen MR) is 43.9 cm³/mol. The average molecular weight is 196 g/mol. The van der Waals surface area contributed by atoms with E-state index in [9.17, 15) is 4.79 Å². The van der Waals surface area contributed by atoms with Crippen LogP contribution >= 0.6 is 12.6 Å². The summed E-state index contributed by atoms with van der Waals surface area (Å²) in [6.45, 7) is -0.649. The second kappa shape index (κ2) is 5.50. The molecule has 0 aliphatic rings. The molecule has 0 amide bonds. The number of aldehydes is 1. The minimum atomic E-state index is -1.45. The predicted octanol–water partition coefficient (Wildman–Crippen LogP) is -2.44. The van der Waals surface area contributed by atoms with Crippen molar-refractivity contribution in [3.05, 3.63) is 0 Å². The first-order valence-electron chi connectivity index (χ1n) is 3.33. The van der Waals surface area contributed by atoms with Crippen molar-refractivity contribution in [1.29, 1.82) is 0 Å². The van der Waals surface area contributed by atoms with E-state index in [0.717, 1.165) is 0 Å². The maximum absolute atomic E-state index is 10.0. The molecule has 0 aliphatic carbocycles. The largest absolute Gasteiger partial charge is 0.394 e. The molecular weight excluding hydrogens is 184 g/mol. The van der Waals surface area contributed by atoms with Gasteiger partial charge < -0.3 is 25.2 Å². The zero-order valence-electron chi connectivity index (χ0n) is 6.24. The van der Waals surface area contributed by atoms with E-state index in [1.54, 1.807) is 0 Å². The quantitative estimate of drug-likeness (QED) is 0.248. The number of thiol groups is 1. The van der Waals surface area contributed by atoms with Crippen LogP contribution in [0.5, 0.6) is 0 Å². The fourth-order valence-corrected chi connectivity index (χ4v) is 0.887. The van der Waals surface area contributed by atoms with Gasteiger partial charge in [0.25, 0.3) is 0 Å². The van der Waals surface area contributed by atoms with E-state index >= 15 is 0 Å². The molecule has 0 heterocycles. The first kappa shape index (κ1) is 11.9. The highest BCUT2D eigenvalue weighted by Crippen LogP contribution is 2.09. The molecule has 0 radical (unpaired) electrons. The third kappa shape index (κ3) is 3.08. The summed E-state index contributed by atoms with van der Waals surface area (Å²) in [6, 6.07) is 0. The van der Waals surface area contributed by atoms with Gasteiger partial charge in [-0.05, 0) is 0 Å². The Balaban J connectivity index is 4.07. The third-order valence-electron chi connectivity index (χ3n) is 1.42. The molecule has 0 fully saturated rings. The van der Waals surface area contributed by atoms with Gasteiger partial charge in [0.2, 0.25) is 0 Å². The molecule has 0 saturated heterocycles. The van der Waals surface area contributed by atoms with Gasteiger partial charge in [0.1, 0.15) is 18.5 Å². The molecular formula is C6H12O5S. The lowest BCUT2D eigenvalue weighted by Crippen LogP contribution is -2.43. The fourth-order valence-electron chi connectivity index (χ4n) is 0.618. The summed E-state index contributed by atoms with van der Waals surface area (Å²) in [5.74, 6) is 0. The number of aliphatic hydroxyl groups excluding tert-OH is 4. The zero-order chi connectivity index (χ0) is 9.72. The van der Waals surface area contributed by atoms with Crippen LogP contribution in [0.2, 0.25) is 0 Å². The molecule has 0 saturated carbocycles. The van der Waals surface area contributed by atoms with Crippen molar-refractivity contribution in [1.82, 2.24) is 0 Å². The lowest BCUT2D eigenvalue weighted by atomic mass is 10.1. The molecule has 0 rings (SSSR count). The summed E-state index contributed by atoms with van der Waals surface area (Å²) in [5, 5.41) is 34.1. The highest BCUT2D eigenvalue weighted by molar-refractivity contribution is 7.81. The van der Waals surface area contributed by atoms with Crippen molar-refractivity contribution in [3.8, 4) is 0 Å². The van der Waals surface area contributed by atoms with Crippen LogP contribution in [0.15, 0.2) is 0 Å². The van der Waals surface area contributed by atoms with Gasteiger partial charge in [0.05, 0.1) is 18.0 Å². The van der Waals surface area contributed by atoms with Crippen molar-refractivity contribution in [2.24, 2.45) is 0 Å². The molecule has 4 unspecified atom stereocenters. The first-order chi connectivity index (χ1) is 5.54. The molecule has 5 nitrogen and oxygen atoms in total. The summed E-state index contributed by atoms with van der Waals surface area (Å²) < 4.78 is 0. The van der Waals surface area contributed by atoms with E-state index in [1.165, 1.54) is 0 Å². The normalized spacial score (nSPS) is 21.1. The Morgan fingerprint density at radius 3 is 2.17 bits per heavy atom. The van der Waals surface area contributed by atoms with Crippen molar-refractivity contribution in [2.75, 3.05) is 6.61 Å². The monoisotopic (exact) mass is 196 g/mol. The van der Waals surface area contributed by atoms with Crippen molar-refractivity contribution >= 4 is 18.9 Å². The summed E-state index contributed by atoms with van der Waals surface area (Å²) in [5.41, 5.74) is 0. The second-order valence-electron chi connectivity index (χ2n) is 2.36. The number of carbonyl (C=O) groups excluding carboxylic acids is 1. The highest BCUT2D eigenvalue weighted by Gasteiger charge is 2.28. The van der Waals surface area contributed by atoms with Crippen molar-refractivity contribution in [2.45, 2.75) is 23.6 Å². The van der Waals surface area contributed by atoms with Gasteiger partial charge in [0.15, 0.2) is 0 Å². The van der Waals surface area contributed by atoms with Gasteiger partial charge in [0, 0.05) is 0 Å². The fraction of sp³-hybridized carbons (Fsp3) is 0.833. The van der Waals surface area contributed by atoms with Gasteiger partial charge >= 0.3 is 0 Å². The van der Waals surface area contributed by atoms with E-state index in [4.69, 9.17) is 20.4 Å². The molecule has 0 aromatic rings. The number of hydrogen-bond donors (Lipinski definition) is 5. The highest BCUT2D eigenvalue weighted by atomic mass is 32.1. The number of hydrogen-bond acceptors (Lipinski definition) is 6. The molecule has 0 bridgehead atoms. The lowest BCUT2D eigenvalue weighted by Gasteiger charge is -2.22. The summed E-state index contributed by atoms with van der Waals surface area (Å²) >= 11 is 3.69. The number of aliphatic hydroxyl groups is 4. The van der Waals surface area contributed by atoms with E-state index in [2.05, 4.69) is 12.6 Å². The van der Waals surface area contributed by atoms with Crippen LogP contribution in [0.1, 0.15) is 0 Å². The Bertz CT molecular complexity index is 142. The smallest absolute Gasteiger partial charge is 0.149 e. The van der Waals surface area contributed by atoms with Gasteiger partial charge in [-0.25, -0.2) is 0 Å². The Morgan fingerprint density at radius 2 is 1.83 bits per heavy atom.